The van der Waals surface area contributed by atoms with E-state index in [1.165, 1.54) is 0 Å². The number of ether oxygens (including phenoxy) is 1. The van der Waals surface area contributed by atoms with E-state index >= 15 is 0 Å². The molecule has 0 bridgehead atoms. The van der Waals surface area contributed by atoms with Gasteiger partial charge in [-0.1, -0.05) is 32.0 Å². The van der Waals surface area contributed by atoms with Crippen LogP contribution in [0, 0.1) is 0 Å². The largest absolute Gasteiger partial charge is 0.460 e. The van der Waals surface area contributed by atoms with E-state index in [1.54, 1.807) is 24.3 Å². The minimum Gasteiger partial charge on any atom is -0.460 e. The van der Waals surface area contributed by atoms with Crippen molar-refractivity contribution in [2.45, 2.75) is 33.1 Å². The maximum absolute atomic E-state index is 13.0. The SMILES string of the molecule is CCCC(=O)Oc1ccc(C(=O)c2c(CC)oc3ccccc23)cc1. The molecule has 3 aromatic rings. The number of ketones is 1. The number of carbonyl (C=O) groups is 2. The van der Waals surface area contributed by atoms with Gasteiger partial charge in [-0.2, -0.15) is 0 Å². The summed E-state index contributed by atoms with van der Waals surface area (Å²) >= 11 is 0. The molecule has 0 aliphatic heterocycles. The number of hydrogen-bond acceptors (Lipinski definition) is 4. The number of hydrogen-bond donors (Lipinski definition) is 0. The van der Waals surface area contributed by atoms with Crippen LogP contribution in [0.25, 0.3) is 11.0 Å². The quantitative estimate of drug-likeness (QED) is 0.364. The molecule has 0 aliphatic carbocycles. The average molecular weight is 336 g/mol. The Kier molecular flexibility index (Phi) is 4.98. The van der Waals surface area contributed by atoms with Gasteiger partial charge in [-0.25, -0.2) is 0 Å². The first-order chi connectivity index (χ1) is 12.1. The van der Waals surface area contributed by atoms with E-state index in [4.69, 9.17) is 9.15 Å². The van der Waals surface area contributed by atoms with Gasteiger partial charge in [0.15, 0.2) is 5.78 Å². The summed E-state index contributed by atoms with van der Waals surface area (Å²) in [6.45, 7) is 3.88. The zero-order valence-corrected chi connectivity index (χ0v) is 14.4. The summed E-state index contributed by atoms with van der Waals surface area (Å²) in [4.78, 5) is 24.5. The van der Waals surface area contributed by atoms with Crippen LogP contribution >= 0.6 is 0 Å². The van der Waals surface area contributed by atoms with Crippen LogP contribution in [0.15, 0.2) is 52.9 Å². The molecule has 4 nitrogen and oxygen atoms in total. The predicted molar refractivity (Wildman–Crippen MR) is 96.0 cm³/mol. The molecule has 128 valence electrons. The summed E-state index contributed by atoms with van der Waals surface area (Å²) in [6.07, 6.45) is 1.76. The highest BCUT2D eigenvalue weighted by Gasteiger charge is 2.20. The standard InChI is InChI=1S/C21H20O4/c1-3-7-19(22)24-15-12-10-14(11-13-15)21(23)20-16-8-5-6-9-18(16)25-17(20)4-2/h5-6,8-13H,3-4,7H2,1-2H3. The molecule has 25 heavy (non-hydrogen) atoms. The third-order valence-electron chi connectivity index (χ3n) is 4.02. The lowest BCUT2D eigenvalue weighted by Crippen LogP contribution is -2.07. The van der Waals surface area contributed by atoms with Crippen LogP contribution in [0.1, 0.15) is 48.4 Å². The molecule has 1 heterocycles. The van der Waals surface area contributed by atoms with Crippen molar-refractivity contribution >= 4 is 22.7 Å². The Morgan fingerprint density at radius 2 is 1.72 bits per heavy atom. The van der Waals surface area contributed by atoms with Crippen LogP contribution in [0.2, 0.25) is 0 Å². The maximum Gasteiger partial charge on any atom is 0.311 e. The lowest BCUT2D eigenvalue weighted by atomic mass is 9.99. The molecular formula is C21H20O4. The van der Waals surface area contributed by atoms with E-state index in [0.29, 0.717) is 41.1 Å². The fraction of sp³-hybridized carbons (Fsp3) is 0.238. The molecule has 2 aromatic carbocycles. The molecule has 0 radical (unpaired) electrons. The van der Waals surface area contributed by atoms with Gasteiger partial charge < -0.3 is 9.15 Å². The number of furan rings is 1. The van der Waals surface area contributed by atoms with Crippen molar-refractivity contribution in [2.75, 3.05) is 0 Å². The van der Waals surface area contributed by atoms with Crippen LogP contribution in [-0.2, 0) is 11.2 Å². The summed E-state index contributed by atoms with van der Waals surface area (Å²) in [5, 5.41) is 0.822. The molecule has 0 aliphatic rings. The zero-order valence-electron chi connectivity index (χ0n) is 14.4. The van der Waals surface area contributed by atoms with E-state index in [2.05, 4.69) is 0 Å². The highest BCUT2D eigenvalue weighted by Crippen LogP contribution is 2.29. The summed E-state index contributed by atoms with van der Waals surface area (Å²) in [5.74, 6) is 0.774. The van der Waals surface area contributed by atoms with Crippen LogP contribution in [0.5, 0.6) is 5.75 Å². The highest BCUT2D eigenvalue weighted by molar-refractivity contribution is 6.16. The third kappa shape index (κ3) is 3.48. The second-order valence-corrected chi connectivity index (χ2v) is 5.83. The number of benzene rings is 2. The molecule has 0 amide bonds. The van der Waals surface area contributed by atoms with Crippen LogP contribution in [-0.4, -0.2) is 11.8 Å². The third-order valence-corrected chi connectivity index (χ3v) is 4.02. The van der Waals surface area contributed by atoms with Gasteiger partial charge in [0.1, 0.15) is 17.1 Å². The number of para-hydroxylation sites is 1. The predicted octanol–water partition coefficient (Wildman–Crippen LogP) is 4.93. The van der Waals surface area contributed by atoms with Gasteiger partial charge in [-0.05, 0) is 36.8 Å². The van der Waals surface area contributed by atoms with Gasteiger partial charge in [0.25, 0.3) is 0 Å². The monoisotopic (exact) mass is 336 g/mol. The Hall–Kier alpha value is -2.88. The maximum atomic E-state index is 13.0. The van der Waals surface area contributed by atoms with Crippen molar-refractivity contribution in [3.63, 3.8) is 0 Å². The van der Waals surface area contributed by atoms with Gasteiger partial charge in [0, 0.05) is 23.8 Å². The summed E-state index contributed by atoms with van der Waals surface area (Å²) in [7, 11) is 0. The Bertz CT molecular complexity index is 903. The van der Waals surface area contributed by atoms with E-state index in [9.17, 15) is 9.59 Å². The fourth-order valence-electron chi connectivity index (χ4n) is 2.80. The number of fused-ring (bicyclic) bond motifs is 1. The van der Waals surface area contributed by atoms with Crippen LogP contribution < -0.4 is 4.74 Å². The number of esters is 1. The highest BCUT2D eigenvalue weighted by atomic mass is 16.5. The first kappa shape index (κ1) is 17.0. The average Bonchev–Trinajstić information content (AvgIpc) is 3.00. The van der Waals surface area contributed by atoms with Crippen molar-refractivity contribution in [3.05, 3.63) is 65.4 Å². The smallest absolute Gasteiger partial charge is 0.311 e. The summed E-state index contributed by atoms with van der Waals surface area (Å²) < 4.78 is 11.0. The molecule has 0 unspecified atom stereocenters. The van der Waals surface area contributed by atoms with Crippen molar-refractivity contribution in [2.24, 2.45) is 0 Å². The summed E-state index contributed by atoms with van der Waals surface area (Å²) in [5.41, 5.74) is 1.86. The molecule has 0 atom stereocenters. The van der Waals surface area contributed by atoms with Crippen molar-refractivity contribution in [1.82, 2.24) is 0 Å². The molecule has 4 heteroatoms. The Morgan fingerprint density at radius 1 is 1.00 bits per heavy atom. The topological polar surface area (TPSA) is 56.5 Å². The molecular weight excluding hydrogens is 316 g/mol. The molecule has 0 saturated carbocycles. The van der Waals surface area contributed by atoms with E-state index in [1.807, 2.05) is 38.1 Å². The van der Waals surface area contributed by atoms with E-state index in [0.717, 1.165) is 11.8 Å². The van der Waals surface area contributed by atoms with Crippen LogP contribution in [0.4, 0.5) is 0 Å². The Labute approximate surface area is 146 Å². The summed E-state index contributed by atoms with van der Waals surface area (Å²) in [6, 6.07) is 14.2. The number of carbonyl (C=O) groups excluding carboxylic acids is 2. The van der Waals surface area contributed by atoms with Gasteiger partial charge in [0.2, 0.25) is 0 Å². The Morgan fingerprint density at radius 3 is 2.40 bits per heavy atom. The molecule has 0 saturated heterocycles. The van der Waals surface area contributed by atoms with E-state index < -0.39 is 0 Å². The minimum absolute atomic E-state index is 0.0896. The van der Waals surface area contributed by atoms with Gasteiger partial charge in [0.05, 0.1) is 5.56 Å². The van der Waals surface area contributed by atoms with Gasteiger partial charge in [-0.3, -0.25) is 9.59 Å². The molecule has 0 fully saturated rings. The molecule has 1 aromatic heterocycles. The molecule has 0 N–H and O–H groups in total. The first-order valence-corrected chi connectivity index (χ1v) is 8.49. The first-order valence-electron chi connectivity index (χ1n) is 8.49. The van der Waals surface area contributed by atoms with Gasteiger partial charge >= 0.3 is 5.97 Å². The lowest BCUT2D eigenvalue weighted by Gasteiger charge is -2.05. The lowest BCUT2D eigenvalue weighted by molar-refractivity contribution is -0.134. The van der Waals surface area contributed by atoms with E-state index in [-0.39, 0.29) is 11.8 Å². The van der Waals surface area contributed by atoms with Crippen molar-refractivity contribution < 1.29 is 18.7 Å². The van der Waals surface area contributed by atoms with Crippen LogP contribution in [0.3, 0.4) is 0 Å². The number of aryl methyl sites for hydroxylation is 1. The normalized spacial score (nSPS) is 10.8. The van der Waals surface area contributed by atoms with Gasteiger partial charge in [-0.15, -0.1) is 0 Å². The molecule has 3 rings (SSSR count). The minimum atomic E-state index is -0.268. The number of rotatable bonds is 6. The second-order valence-electron chi connectivity index (χ2n) is 5.83. The zero-order chi connectivity index (χ0) is 17.8. The Balaban J connectivity index is 1.90. The fourth-order valence-corrected chi connectivity index (χ4v) is 2.80. The molecule has 0 spiro atoms. The van der Waals surface area contributed by atoms with Crippen molar-refractivity contribution in [3.8, 4) is 5.75 Å². The second kappa shape index (κ2) is 7.34. The van der Waals surface area contributed by atoms with Crippen molar-refractivity contribution in [1.29, 1.82) is 0 Å².